The van der Waals surface area contributed by atoms with Gasteiger partial charge in [-0.1, -0.05) is 30.3 Å². The van der Waals surface area contributed by atoms with E-state index in [2.05, 4.69) is 9.97 Å². The van der Waals surface area contributed by atoms with E-state index in [0.29, 0.717) is 11.4 Å². The predicted molar refractivity (Wildman–Crippen MR) is 117 cm³/mol. The van der Waals surface area contributed by atoms with E-state index in [9.17, 15) is 9.59 Å². The molecule has 7 heteroatoms. The number of fused-ring (bicyclic) bond motifs is 1. The van der Waals surface area contributed by atoms with Crippen LogP contribution in [-0.4, -0.2) is 36.1 Å². The second-order valence-electron chi connectivity index (χ2n) is 6.61. The molecule has 0 radical (unpaired) electrons. The van der Waals surface area contributed by atoms with Crippen molar-refractivity contribution in [2.24, 2.45) is 0 Å². The number of nitrogens with zero attached hydrogens (tertiary/aromatic N) is 3. The van der Waals surface area contributed by atoms with Crippen LogP contribution in [0.3, 0.4) is 0 Å². The average Bonchev–Trinajstić information content (AvgIpc) is 3.06. The molecule has 0 fully saturated rings. The number of methoxy groups -OCH3 is 2. The molecule has 2 heterocycles. The maximum atomic E-state index is 12.6. The first-order valence-corrected chi connectivity index (χ1v) is 9.49. The summed E-state index contributed by atoms with van der Waals surface area (Å²) >= 11 is 0. The van der Waals surface area contributed by atoms with E-state index in [1.807, 2.05) is 48.5 Å². The lowest BCUT2D eigenvalue weighted by Crippen LogP contribution is -2.26. The summed E-state index contributed by atoms with van der Waals surface area (Å²) in [6.45, 7) is 0. The molecule has 2 aromatic carbocycles. The van der Waals surface area contributed by atoms with Crippen LogP contribution in [-0.2, 0) is 19.1 Å². The van der Waals surface area contributed by atoms with Gasteiger partial charge in [0.2, 0.25) is 0 Å². The van der Waals surface area contributed by atoms with Gasteiger partial charge in [-0.2, -0.15) is 0 Å². The average molecular weight is 413 g/mol. The SMILES string of the molecule is COC(=O)C1=C(C(=O)OC)N(c2cccc(-c3cnc4ccccc4n3)c2)C=CC=C1. The Morgan fingerprint density at radius 3 is 2.45 bits per heavy atom. The zero-order valence-corrected chi connectivity index (χ0v) is 17.0. The molecule has 0 amide bonds. The minimum absolute atomic E-state index is 0.0566. The molecular weight excluding hydrogens is 394 g/mol. The van der Waals surface area contributed by atoms with Gasteiger partial charge in [0.25, 0.3) is 0 Å². The fraction of sp³-hybridized carbons (Fsp3) is 0.0833. The van der Waals surface area contributed by atoms with E-state index in [0.717, 1.165) is 16.6 Å². The maximum Gasteiger partial charge on any atom is 0.355 e. The molecule has 0 aliphatic carbocycles. The van der Waals surface area contributed by atoms with Crippen LogP contribution in [0, 0.1) is 0 Å². The molecule has 1 aliphatic rings. The minimum atomic E-state index is -0.660. The zero-order valence-electron chi connectivity index (χ0n) is 17.0. The summed E-state index contributed by atoms with van der Waals surface area (Å²) in [5.41, 5.74) is 3.89. The number of esters is 2. The second kappa shape index (κ2) is 8.62. The van der Waals surface area contributed by atoms with Crippen molar-refractivity contribution in [1.82, 2.24) is 9.97 Å². The molecule has 0 atom stereocenters. The molecule has 7 nitrogen and oxygen atoms in total. The van der Waals surface area contributed by atoms with E-state index in [-0.39, 0.29) is 11.3 Å². The van der Waals surface area contributed by atoms with Gasteiger partial charge in [0.15, 0.2) is 0 Å². The number of rotatable bonds is 4. The number of para-hydroxylation sites is 2. The van der Waals surface area contributed by atoms with Gasteiger partial charge in [-0.15, -0.1) is 0 Å². The van der Waals surface area contributed by atoms with Crippen LogP contribution >= 0.6 is 0 Å². The number of carbonyl (C=O) groups is 2. The van der Waals surface area contributed by atoms with Crippen LogP contribution < -0.4 is 4.90 Å². The Bertz CT molecular complexity index is 1260. The molecule has 0 bridgehead atoms. The molecule has 3 aromatic rings. The summed E-state index contributed by atoms with van der Waals surface area (Å²) < 4.78 is 9.81. The highest BCUT2D eigenvalue weighted by molar-refractivity contribution is 6.05. The lowest BCUT2D eigenvalue weighted by Gasteiger charge is -2.23. The molecule has 154 valence electrons. The molecule has 1 aromatic heterocycles. The summed E-state index contributed by atoms with van der Waals surface area (Å²) in [6.07, 6.45) is 8.30. The number of hydrogen-bond acceptors (Lipinski definition) is 7. The molecule has 31 heavy (non-hydrogen) atoms. The molecule has 1 aliphatic heterocycles. The number of carbonyl (C=O) groups excluding carboxylic acids is 2. The molecule has 0 N–H and O–H groups in total. The van der Waals surface area contributed by atoms with Crippen LogP contribution in [0.5, 0.6) is 0 Å². The fourth-order valence-corrected chi connectivity index (χ4v) is 3.28. The summed E-state index contributed by atoms with van der Waals surface area (Å²) in [5.74, 6) is -1.30. The Morgan fingerprint density at radius 2 is 1.68 bits per heavy atom. The van der Waals surface area contributed by atoms with E-state index >= 15 is 0 Å². The van der Waals surface area contributed by atoms with Crippen LogP contribution in [0.15, 0.2) is 90.4 Å². The quantitative estimate of drug-likeness (QED) is 0.602. The summed E-state index contributed by atoms with van der Waals surface area (Å²) in [7, 11) is 2.53. The minimum Gasteiger partial charge on any atom is -0.465 e. The highest BCUT2D eigenvalue weighted by Gasteiger charge is 2.27. The fourth-order valence-electron chi connectivity index (χ4n) is 3.28. The molecule has 0 saturated carbocycles. The van der Waals surface area contributed by atoms with Crippen LogP contribution in [0.2, 0.25) is 0 Å². The highest BCUT2D eigenvalue weighted by atomic mass is 16.5. The highest BCUT2D eigenvalue weighted by Crippen LogP contribution is 2.30. The number of benzene rings is 2. The van der Waals surface area contributed by atoms with Crippen LogP contribution in [0.4, 0.5) is 5.69 Å². The Balaban J connectivity index is 1.82. The van der Waals surface area contributed by atoms with Gasteiger partial charge in [0.05, 0.1) is 42.7 Å². The van der Waals surface area contributed by atoms with Gasteiger partial charge in [-0.3, -0.25) is 4.98 Å². The normalized spacial score (nSPS) is 13.3. The standard InChI is InChI=1S/C24H19N3O4/c1-30-23(28)18-10-5-6-13-27(22(18)24(29)31-2)17-9-7-8-16(14-17)21-15-25-19-11-3-4-12-20(19)26-21/h3-15H,1-2H3. The predicted octanol–water partition coefficient (Wildman–Crippen LogP) is 3.79. The largest absolute Gasteiger partial charge is 0.465 e. The van der Waals surface area contributed by atoms with Crippen molar-refractivity contribution in [2.75, 3.05) is 19.1 Å². The Morgan fingerprint density at radius 1 is 0.903 bits per heavy atom. The van der Waals surface area contributed by atoms with E-state index in [1.54, 1.807) is 29.4 Å². The number of aromatic nitrogens is 2. The number of hydrogen-bond donors (Lipinski definition) is 0. The monoisotopic (exact) mass is 413 g/mol. The molecule has 0 saturated heterocycles. The summed E-state index contributed by atoms with van der Waals surface area (Å²) in [5, 5.41) is 0. The van der Waals surface area contributed by atoms with E-state index < -0.39 is 11.9 Å². The van der Waals surface area contributed by atoms with Crippen molar-refractivity contribution in [3.63, 3.8) is 0 Å². The van der Waals surface area contributed by atoms with Gasteiger partial charge >= 0.3 is 11.9 Å². The van der Waals surface area contributed by atoms with Crippen molar-refractivity contribution in [2.45, 2.75) is 0 Å². The third-order valence-corrected chi connectivity index (χ3v) is 4.76. The Labute approximate surface area is 178 Å². The van der Waals surface area contributed by atoms with Gasteiger partial charge < -0.3 is 14.4 Å². The summed E-state index contributed by atoms with van der Waals surface area (Å²) in [4.78, 5) is 35.7. The van der Waals surface area contributed by atoms with Crippen molar-refractivity contribution in [1.29, 1.82) is 0 Å². The Kier molecular flexibility index (Phi) is 5.57. The second-order valence-corrected chi connectivity index (χ2v) is 6.61. The lowest BCUT2D eigenvalue weighted by molar-refractivity contribution is -0.139. The smallest absolute Gasteiger partial charge is 0.355 e. The van der Waals surface area contributed by atoms with Crippen LogP contribution in [0.1, 0.15) is 0 Å². The van der Waals surface area contributed by atoms with Crippen molar-refractivity contribution in [3.05, 3.63) is 90.4 Å². The first kappa shape index (κ1) is 20.0. The number of ether oxygens (including phenoxy) is 2. The molecule has 0 spiro atoms. The van der Waals surface area contributed by atoms with Gasteiger partial charge in [0, 0.05) is 17.5 Å². The van der Waals surface area contributed by atoms with Crippen LogP contribution in [0.25, 0.3) is 22.3 Å². The molecular formula is C24H19N3O4. The van der Waals surface area contributed by atoms with Crippen molar-refractivity contribution >= 4 is 28.7 Å². The van der Waals surface area contributed by atoms with E-state index in [4.69, 9.17) is 9.47 Å². The third-order valence-electron chi connectivity index (χ3n) is 4.76. The lowest BCUT2D eigenvalue weighted by atomic mass is 10.1. The zero-order chi connectivity index (χ0) is 21.8. The Hall–Kier alpha value is -4.26. The maximum absolute atomic E-state index is 12.6. The van der Waals surface area contributed by atoms with Gasteiger partial charge in [0.1, 0.15) is 5.70 Å². The van der Waals surface area contributed by atoms with Gasteiger partial charge in [-0.25, -0.2) is 14.6 Å². The van der Waals surface area contributed by atoms with Gasteiger partial charge in [-0.05, 0) is 36.4 Å². The van der Waals surface area contributed by atoms with Crippen molar-refractivity contribution < 1.29 is 19.1 Å². The van der Waals surface area contributed by atoms with Crippen molar-refractivity contribution in [3.8, 4) is 11.3 Å². The third kappa shape index (κ3) is 3.93. The number of allylic oxidation sites excluding steroid dienone is 2. The molecule has 4 rings (SSSR count). The summed E-state index contributed by atoms with van der Waals surface area (Å²) in [6, 6.07) is 15.1. The first-order valence-electron chi connectivity index (χ1n) is 9.49. The topological polar surface area (TPSA) is 81.6 Å². The first-order chi connectivity index (χ1) is 15.1. The number of anilines is 1. The van der Waals surface area contributed by atoms with E-state index in [1.165, 1.54) is 20.3 Å². The molecule has 0 unspecified atom stereocenters.